The van der Waals surface area contributed by atoms with Gasteiger partial charge in [0.15, 0.2) is 0 Å². The van der Waals surface area contributed by atoms with Crippen LogP contribution in [0.1, 0.15) is 73.4 Å². The molecule has 7 nitrogen and oxygen atoms in total. The Morgan fingerprint density at radius 1 is 1.20 bits per heavy atom. The van der Waals surface area contributed by atoms with E-state index in [1.165, 1.54) is 11.1 Å². The molecule has 1 spiro atoms. The number of halogens is 1. The fraction of sp³-hybridized carbons (Fsp3) is 0.543. The summed E-state index contributed by atoms with van der Waals surface area (Å²) >= 11 is 6.42. The van der Waals surface area contributed by atoms with Crippen LogP contribution in [0.5, 0.6) is 5.75 Å². The van der Waals surface area contributed by atoms with Gasteiger partial charge in [-0.1, -0.05) is 36.7 Å². The number of ether oxygens (including phenoxy) is 2. The van der Waals surface area contributed by atoms with Crippen LogP contribution < -0.4 is 9.64 Å². The maximum Gasteiger partial charge on any atom is 0.285 e. The molecule has 0 radical (unpaired) electrons. The van der Waals surface area contributed by atoms with Crippen LogP contribution >= 0.6 is 11.6 Å². The summed E-state index contributed by atoms with van der Waals surface area (Å²) in [6.07, 6.45) is 11.0. The summed E-state index contributed by atoms with van der Waals surface area (Å²) in [5.41, 5.74) is 3.59. The van der Waals surface area contributed by atoms with E-state index < -0.39 is 15.6 Å². The second-order valence-electron chi connectivity index (χ2n) is 13.0. The number of rotatable bonds is 4. The zero-order valence-corrected chi connectivity index (χ0v) is 27.3. The monoisotopic (exact) mass is 638 g/mol. The number of Topliss-reactive ketones (excluding diaryl/α,β-unsaturated/α-hetero) is 1. The molecule has 2 aromatic carbocycles. The lowest BCUT2D eigenvalue weighted by atomic mass is 9.68. The third-order valence-electron chi connectivity index (χ3n) is 10.1. The average Bonchev–Trinajstić information content (AvgIpc) is 3.14. The van der Waals surface area contributed by atoms with Gasteiger partial charge in [-0.25, -0.2) is 4.21 Å². The summed E-state index contributed by atoms with van der Waals surface area (Å²) in [5.74, 6) is 0.865. The van der Waals surface area contributed by atoms with Crippen molar-refractivity contribution >= 4 is 38.7 Å². The van der Waals surface area contributed by atoms with Crippen LogP contribution in [-0.2, 0) is 31.1 Å². The molecule has 0 saturated heterocycles. The van der Waals surface area contributed by atoms with Gasteiger partial charge in [0.1, 0.15) is 11.5 Å². The van der Waals surface area contributed by atoms with Gasteiger partial charge in [-0.3, -0.25) is 9.59 Å². The van der Waals surface area contributed by atoms with Crippen molar-refractivity contribution in [2.24, 2.45) is 16.2 Å². The molecule has 236 valence electrons. The van der Waals surface area contributed by atoms with Crippen LogP contribution in [0.4, 0.5) is 5.69 Å². The quantitative estimate of drug-likeness (QED) is 0.343. The number of benzene rings is 2. The minimum Gasteiger partial charge on any atom is -0.490 e. The Hall–Kier alpha value is -2.68. The maximum absolute atomic E-state index is 13.9. The Balaban J connectivity index is 1.44. The van der Waals surface area contributed by atoms with Crippen molar-refractivity contribution in [2.45, 2.75) is 69.8 Å². The van der Waals surface area contributed by atoms with E-state index >= 15 is 0 Å². The van der Waals surface area contributed by atoms with Crippen LogP contribution in [0.15, 0.2) is 52.9 Å². The van der Waals surface area contributed by atoms with Crippen LogP contribution in [0.2, 0.25) is 5.02 Å². The average molecular weight is 639 g/mol. The topological polar surface area (TPSA) is 85.3 Å². The van der Waals surface area contributed by atoms with Crippen LogP contribution in [-0.4, -0.2) is 60.3 Å². The van der Waals surface area contributed by atoms with Crippen molar-refractivity contribution < 1.29 is 23.3 Å². The molecule has 2 aliphatic carbocycles. The van der Waals surface area contributed by atoms with Crippen molar-refractivity contribution in [3.63, 3.8) is 0 Å². The van der Waals surface area contributed by atoms with Crippen LogP contribution in [0.25, 0.3) is 0 Å². The zero-order valence-electron chi connectivity index (χ0n) is 25.8. The van der Waals surface area contributed by atoms with Gasteiger partial charge in [0.25, 0.3) is 5.91 Å². The van der Waals surface area contributed by atoms with E-state index in [9.17, 15) is 13.8 Å². The molecule has 1 amide bonds. The van der Waals surface area contributed by atoms with Crippen LogP contribution in [0.3, 0.4) is 0 Å². The molecule has 6 rings (SSSR count). The maximum atomic E-state index is 13.9. The van der Waals surface area contributed by atoms with E-state index in [0.717, 1.165) is 61.7 Å². The number of anilines is 1. The lowest BCUT2D eigenvalue weighted by Gasteiger charge is -2.46. The van der Waals surface area contributed by atoms with E-state index in [-0.39, 0.29) is 35.2 Å². The van der Waals surface area contributed by atoms with Gasteiger partial charge in [-0.2, -0.15) is 4.36 Å². The van der Waals surface area contributed by atoms with Gasteiger partial charge < -0.3 is 14.4 Å². The van der Waals surface area contributed by atoms with E-state index in [0.29, 0.717) is 36.8 Å². The molecule has 0 N–H and O–H groups in total. The highest BCUT2D eigenvalue weighted by Gasteiger charge is 2.44. The lowest BCUT2D eigenvalue weighted by Crippen LogP contribution is -2.49. The highest BCUT2D eigenvalue weighted by Crippen LogP contribution is 2.47. The Kier molecular flexibility index (Phi) is 9.23. The lowest BCUT2D eigenvalue weighted by molar-refractivity contribution is -0.116. The number of aryl methyl sites for hydroxylation is 1. The first-order chi connectivity index (χ1) is 21.2. The van der Waals surface area contributed by atoms with Crippen molar-refractivity contribution in [2.75, 3.05) is 43.2 Å². The Bertz CT molecular complexity index is 1580. The molecule has 44 heavy (non-hydrogen) atoms. The number of hydrogen-bond donors (Lipinski definition) is 0. The number of ketones is 1. The van der Waals surface area contributed by atoms with Crippen molar-refractivity contribution in [1.82, 2.24) is 0 Å². The molecule has 2 aliphatic heterocycles. The number of fused-ring (bicyclic) bond motifs is 4. The minimum atomic E-state index is -3.05. The first-order valence-corrected chi connectivity index (χ1v) is 18.2. The van der Waals surface area contributed by atoms with Crippen molar-refractivity contribution in [3.05, 3.63) is 70.3 Å². The number of amides is 1. The normalized spacial score (nSPS) is 31.0. The fourth-order valence-electron chi connectivity index (χ4n) is 7.54. The molecule has 5 atom stereocenters. The highest BCUT2D eigenvalue weighted by molar-refractivity contribution is 7.94. The molecule has 2 bridgehead atoms. The Labute approximate surface area is 266 Å². The van der Waals surface area contributed by atoms with Crippen molar-refractivity contribution in [1.29, 1.82) is 0 Å². The summed E-state index contributed by atoms with van der Waals surface area (Å²) in [6.45, 7) is 3.85. The van der Waals surface area contributed by atoms with E-state index in [2.05, 4.69) is 33.5 Å². The summed E-state index contributed by atoms with van der Waals surface area (Å²) in [7, 11) is -1.28. The molecule has 2 aromatic rings. The molecule has 2 heterocycles. The molecule has 0 unspecified atom stereocenters. The molecule has 4 aliphatic rings. The first kappa shape index (κ1) is 31.3. The van der Waals surface area contributed by atoms with Crippen molar-refractivity contribution in [3.8, 4) is 5.75 Å². The predicted molar refractivity (Wildman–Crippen MR) is 176 cm³/mol. The van der Waals surface area contributed by atoms with Gasteiger partial charge in [0.05, 0.1) is 33.9 Å². The number of carbonyl (C=O) groups is 2. The van der Waals surface area contributed by atoms with Crippen LogP contribution in [0, 0.1) is 11.8 Å². The summed E-state index contributed by atoms with van der Waals surface area (Å²) < 4.78 is 30.8. The number of methoxy groups -OCH3 is 1. The van der Waals surface area contributed by atoms with Gasteiger partial charge in [-0.05, 0) is 98.2 Å². The summed E-state index contributed by atoms with van der Waals surface area (Å²) in [4.78, 5) is 28.4. The second-order valence-corrected chi connectivity index (χ2v) is 15.8. The largest absolute Gasteiger partial charge is 0.490 e. The number of allylic oxidation sites excluding steroid dienone is 1. The third kappa shape index (κ3) is 6.35. The molecular formula is C35H43ClN2O5S. The summed E-state index contributed by atoms with van der Waals surface area (Å²) in [6, 6.07) is 11.7. The number of carbonyl (C=O) groups excluding carboxylic acids is 2. The standard InChI is InChI=1S/C35H43ClN2O5S/c1-3-28(39)21-44(41)17-6-4-5-9-32(42-2)29-13-10-26(29)20-38-22-35(16-7-8-24-18-27(36)12-14-30(24)35)23-43-33-15-11-25(19-31(33)38)34(40)37-44/h5,9,11-12,14-15,18-19,26,29,32H,3-4,6-8,10,13,16-17,20-23H2,1-2H3/b9-5+/t26-,29+,32-,35-,44+/m0/s1. The molecular weight excluding hydrogens is 596 g/mol. The van der Waals surface area contributed by atoms with E-state index in [4.69, 9.17) is 21.1 Å². The smallest absolute Gasteiger partial charge is 0.285 e. The number of nitrogens with zero attached hydrogens (tertiary/aromatic N) is 2. The zero-order chi connectivity index (χ0) is 30.9. The summed E-state index contributed by atoms with van der Waals surface area (Å²) in [5, 5.41) is 0.753. The third-order valence-corrected chi connectivity index (χ3v) is 12.5. The van der Waals surface area contributed by atoms with E-state index in [1.807, 2.05) is 18.2 Å². The molecule has 0 aromatic heterocycles. The Morgan fingerprint density at radius 3 is 2.84 bits per heavy atom. The van der Waals surface area contributed by atoms with Gasteiger partial charge >= 0.3 is 0 Å². The first-order valence-electron chi connectivity index (χ1n) is 16.0. The number of hydrogen-bond acceptors (Lipinski definition) is 6. The SMILES string of the molecule is CCC(=O)C[S@@]1(=O)=NC(=O)c2ccc3c(c2)N(C[C@@H]2CC[C@H]2[C@@H](OC)/C=C/CCC1)C[C@@]1(CCCc2cc(Cl)ccc21)CO3. The van der Waals surface area contributed by atoms with E-state index in [1.54, 1.807) is 20.1 Å². The Morgan fingerprint density at radius 2 is 2.07 bits per heavy atom. The van der Waals surface area contributed by atoms with Gasteiger partial charge in [-0.15, -0.1) is 0 Å². The minimum absolute atomic E-state index is 0.000475. The second kappa shape index (κ2) is 13.0. The fourth-order valence-corrected chi connectivity index (χ4v) is 9.77. The van der Waals surface area contributed by atoms with Gasteiger partial charge in [0.2, 0.25) is 0 Å². The molecule has 1 saturated carbocycles. The predicted octanol–water partition coefficient (Wildman–Crippen LogP) is 6.79. The highest BCUT2D eigenvalue weighted by atomic mass is 35.5. The molecule has 9 heteroatoms. The molecule has 1 fully saturated rings. The van der Waals surface area contributed by atoms with Gasteiger partial charge in [0, 0.05) is 48.4 Å².